The van der Waals surface area contributed by atoms with Crippen LogP contribution in [0.3, 0.4) is 0 Å². The number of pyridine rings is 2. The Labute approximate surface area is 207 Å². The number of benzene rings is 2. The zero-order valence-electron chi connectivity index (χ0n) is 19.5. The van der Waals surface area contributed by atoms with Gasteiger partial charge in [0, 0.05) is 40.6 Å². The number of hydrogen-bond donors (Lipinski definition) is 1. The molecule has 1 aliphatic rings. The van der Waals surface area contributed by atoms with Crippen molar-refractivity contribution in [1.29, 1.82) is 0 Å². The predicted molar refractivity (Wildman–Crippen MR) is 140 cm³/mol. The summed E-state index contributed by atoms with van der Waals surface area (Å²) in [5, 5.41) is 9.86. The second kappa shape index (κ2) is 8.03. The second-order valence-electron chi connectivity index (χ2n) is 9.38. The largest absolute Gasteiger partial charge is 0.321 e. The number of fused-ring (bicyclic) bond motifs is 3. The summed E-state index contributed by atoms with van der Waals surface area (Å²) in [6.45, 7) is 0. The smallest absolute Gasteiger partial charge is 0.206 e. The molecule has 0 atom stereocenters. The first kappa shape index (κ1) is 20.8. The lowest BCUT2D eigenvalue weighted by Gasteiger charge is -2.38. The van der Waals surface area contributed by atoms with E-state index in [4.69, 9.17) is 10.7 Å². The maximum absolute atomic E-state index is 6.58. The van der Waals surface area contributed by atoms with E-state index in [1.165, 1.54) is 12.0 Å². The first-order valence-electron chi connectivity index (χ1n) is 12.1. The Bertz CT molecular complexity index is 1700. The molecule has 0 saturated heterocycles. The van der Waals surface area contributed by atoms with Crippen molar-refractivity contribution in [2.24, 2.45) is 5.73 Å². The number of nitrogens with two attached hydrogens (primary N) is 1. The molecule has 4 heterocycles. The molecular formula is C29H23N7. The molecular weight excluding hydrogens is 446 g/mol. The lowest BCUT2D eigenvalue weighted by molar-refractivity contribution is 0.253. The molecule has 0 aliphatic heterocycles. The Morgan fingerprint density at radius 1 is 0.806 bits per heavy atom. The van der Waals surface area contributed by atoms with E-state index in [-0.39, 0.29) is 5.54 Å². The second-order valence-corrected chi connectivity index (χ2v) is 9.38. The normalized spacial score (nSPS) is 14.7. The number of nitrogens with zero attached hydrogens (tertiary/aromatic N) is 6. The van der Waals surface area contributed by atoms with E-state index in [2.05, 4.69) is 74.8 Å². The molecule has 174 valence electrons. The molecule has 36 heavy (non-hydrogen) atoms. The summed E-state index contributed by atoms with van der Waals surface area (Å²) >= 11 is 0. The average molecular weight is 470 g/mol. The molecule has 1 saturated carbocycles. The van der Waals surface area contributed by atoms with Gasteiger partial charge in [0.05, 0.1) is 5.69 Å². The first-order valence-corrected chi connectivity index (χ1v) is 12.1. The van der Waals surface area contributed by atoms with Crippen molar-refractivity contribution in [3.8, 4) is 34.0 Å². The third-order valence-corrected chi connectivity index (χ3v) is 7.19. The van der Waals surface area contributed by atoms with Gasteiger partial charge < -0.3 is 5.73 Å². The van der Waals surface area contributed by atoms with Crippen LogP contribution >= 0.6 is 0 Å². The molecule has 7 heteroatoms. The summed E-state index contributed by atoms with van der Waals surface area (Å²) in [5.41, 5.74) is 13.1. The van der Waals surface area contributed by atoms with Gasteiger partial charge in [0.2, 0.25) is 5.82 Å². The Morgan fingerprint density at radius 2 is 1.58 bits per heavy atom. The number of hydrogen-bond acceptors (Lipinski definition) is 6. The van der Waals surface area contributed by atoms with Crippen LogP contribution in [0.4, 0.5) is 0 Å². The van der Waals surface area contributed by atoms with Crippen molar-refractivity contribution in [1.82, 2.24) is 29.5 Å². The highest BCUT2D eigenvalue weighted by Gasteiger charge is 2.34. The maximum Gasteiger partial charge on any atom is 0.206 e. The van der Waals surface area contributed by atoms with Crippen LogP contribution in [0.25, 0.3) is 50.6 Å². The van der Waals surface area contributed by atoms with Crippen molar-refractivity contribution in [3.63, 3.8) is 0 Å². The zero-order chi connectivity index (χ0) is 24.1. The Morgan fingerprint density at radius 3 is 2.31 bits per heavy atom. The molecule has 2 aromatic carbocycles. The SMILES string of the molecule is NC1(c2ccc(-c3nc4c(ccn5c(-c6ncccn6)nnc45)cc3-c3ccccc3)cc2)CCC1. The molecule has 0 unspecified atom stereocenters. The highest BCUT2D eigenvalue weighted by molar-refractivity contribution is 5.97. The van der Waals surface area contributed by atoms with Gasteiger partial charge >= 0.3 is 0 Å². The number of aromatic nitrogens is 6. The van der Waals surface area contributed by atoms with Crippen LogP contribution in [0, 0.1) is 0 Å². The van der Waals surface area contributed by atoms with Gasteiger partial charge in [0.15, 0.2) is 11.5 Å². The third-order valence-electron chi connectivity index (χ3n) is 7.19. The molecule has 6 aromatic rings. The van der Waals surface area contributed by atoms with Gasteiger partial charge in [0.1, 0.15) is 5.52 Å². The van der Waals surface area contributed by atoms with E-state index >= 15 is 0 Å². The standard InChI is InChI=1S/C29H23N7/c30-29(13-4-14-29)22-10-8-20(9-11-22)24-23(19-6-2-1-3-7-19)18-21-12-17-36-27(25(21)33-24)34-35-28(36)26-31-15-5-16-32-26/h1-3,5-12,15-18H,4,13-14,30H2. The molecule has 0 radical (unpaired) electrons. The Hall–Kier alpha value is -4.49. The zero-order valence-corrected chi connectivity index (χ0v) is 19.5. The van der Waals surface area contributed by atoms with E-state index in [0.717, 1.165) is 46.1 Å². The number of rotatable bonds is 4. The van der Waals surface area contributed by atoms with E-state index in [1.54, 1.807) is 18.5 Å². The van der Waals surface area contributed by atoms with Gasteiger partial charge in [-0.2, -0.15) is 0 Å². The van der Waals surface area contributed by atoms with Crippen LogP contribution < -0.4 is 5.73 Å². The van der Waals surface area contributed by atoms with E-state index in [0.29, 0.717) is 17.3 Å². The summed E-state index contributed by atoms with van der Waals surface area (Å²) in [6.07, 6.45) is 8.61. The van der Waals surface area contributed by atoms with E-state index in [9.17, 15) is 0 Å². The third kappa shape index (κ3) is 3.28. The van der Waals surface area contributed by atoms with E-state index in [1.807, 2.05) is 22.7 Å². The molecule has 0 bridgehead atoms. The van der Waals surface area contributed by atoms with Crippen molar-refractivity contribution in [3.05, 3.63) is 97.0 Å². The van der Waals surface area contributed by atoms with Crippen LogP contribution in [-0.2, 0) is 5.54 Å². The lowest BCUT2D eigenvalue weighted by atomic mass is 9.72. The summed E-state index contributed by atoms with van der Waals surface area (Å²) in [6, 6.07) is 24.9. The van der Waals surface area contributed by atoms with Crippen LogP contribution in [-0.4, -0.2) is 29.5 Å². The summed E-state index contributed by atoms with van der Waals surface area (Å²) < 4.78 is 1.90. The van der Waals surface area contributed by atoms with Gasteiger partial charge in [-0.1, -0.05) is 54.6 Å². The first-order chi connectivity index (χ1) is 17.7. The molecule has 7 rings (SSSR count). The minimum absolute atomic E-state index is 0.193. The van der Waals surface area contributed by atoms with Gasteiger partial charge in [-0.05, 0) is 48.6 Å². The summed E-state index contributed by atoms with van der Waals surface area (Å²) in [5.74, 6) is 1.11. The van der Waals surface area contributed by atoms with Crippen LogP contribution in [0.2, 0.25) is 0 Å². The molecule has 1 aliphatic carbocycles. The Kier molecular flexibility index (Phi) is 4.65. The van der Waals surface area contributed by atoms with Crippen molar-refractivity contribution < 1.29 is 0 Å². The fourth-order valence-electron chi connectivity index (χ4n) is 5.02. The molecule has 7 nitrogen and oxygen atoms in total. The van der Waals surface area contributed by atoms with Gasteiger partial charge in [-0.15, -0.1) is 10.2 Å². The molecule has 2 N–H and O–H groups in total. The van der Waals surface area contributed by atoms with Crippen LogP contribution in [0.15, 0.2) is 91.4 Å². The highest BCUT2D eigenvalue weighted by Crippen LogP contribution is 2.40. The predicted octanol–water partition coefficient (Wildman–Crippen LogP) is 5.41. The monoisotopic (exact) mass is 469 g/mol. The highest BCUT2D eigenvalue weighted by atomic mass is 15.3. The minimum atomic E-state index is -0.193. The van der Waals surface area contributed by atoms with Crippen LogP contribution in [0.1, 0.15) is 24.8 Å². The van der Waals surface area contributed by atoms with Crippen LogP contribution in [0.5, 0.6) is 0 Å². The molecule has 0 spiro atoms. The average Bonchev–Trinajstić information content (AvgIpc) is 3.37. The minimum Gasteiger partial charge on any atom is -0.321 e. The van der Waals surface area contributed by atoms with Crippen molar-refractivity contribution >= 4 is 16.6 Å². The lowest BCUT2D eigenvalue weighted by Crippen LogP contribution is -2.43. The Balaban J connectivity index is 1.44. The summed E-state index contributed by atoms with van der Waals surface area (Å²) in [7, 11) is 0. The fourth-order valence-corrected chi connectivity index (χ4v) is 5.02. The van der Waals surface area contributed by atoms with E-state index < -0.39 is 0 Å². The molecule has 1 fully saturated rings. The molecule has 4 aromatic heterocycles. The maximum atomic E-state index is 6.58. The van der Waals surface area contributed by atoms with Gasteiger partial charge in [-0.25, -0.2) is 15.0 Å². The van der Waals surface area contributed by atoms with Gasteiger partial charge in [0.25, 0.3) is 0 Å². The quantitative estimate of drug-likeness (QED) is 0.371. The topological polar surface area (TPSA) is 94.9 Å². The molecule has 0 amide bonds. The van der Waals surface area contributed by atoms with Gasteiger partial charge in [-0.3, -0.25) is 4.40 Å². The van der Waals surface area contributed by atoms with Crippen molar-refractivity contribution in [2.75, 3.05) is 0 Å². The summed E-state index contributed by atoms with van der Waals surface area (Å²) in [4.78, 5) is 13.9. The van der Waals surface area contributed by atoms with Crippen molar-refractivity contribution in [2.45, 2.75) is 24.8 Å². The fraction of sp³-hybridized carbons (Fsp3) is 0.138.